The summed E-state index contributed by atoms with van der Waals surface area (Å²) in [6.45, 7) is 9.95. The number of fused-ring (bicyclic) bond motifs is 1. The Morgan fingerprint density at radius 2 is 1.81 bits per heavy atom. The van der Waals surface area contributed by atoms with E-state index in [4.69, 9.17) is 0 Å². The standard InChI is InChI=1S/C27H29F2N7/c1-15(2)36-17(4)33-26-21(28)11-20(12-23(26)36)25-22(29)14-32-27(35-25)34-24-6-5-19(13-31-24)16(3)18-7-9-30-10-8-18/h5-6,11-15,30H,7-10H2,1-4H3,(H,31,32,34,35). The van der Waals surface area contributed by atoms with E-state index < -0.39 is 11.6 Å². The summed E-state index contributed by atoms with van der Waals surface area (Å²) in [6, 6.07) is 6.90. The lowest BCUT2D eigenvalue weighted by atomic mass is 9.96. The lowest BCUT2D eigenvalue weighted by molar-refractivity contribution is 0.600. The first-order valence-electron chi connectivity index (χ1n) is 12.2. The highest BCUT2D eigenvalue weighted by atomic mass is 19.1. The van der Waals surface area contributed by atoms with Crippen molar-refractivity contribution in [3.8, 4) is 11.3 Å². The molecule has 1 fully saturated rings. The van der Waals surface area contributed by atoms with E-state index in [0.29, 0.717) is 22.7 Å². The third-order valence-electron chi connectivity index (χ3n) is 6.63. The summed E-state index contributed by atoms with van der Waals surface area (Å²) in [5.74, 6) is 0.248. The van der Waals surface area contributed by atoms with Crippen molar-refractivity contribution in [2.45, 2.75) is 46.6 Å². The van der Waals surface area contributed by atoms with Crippen LogP contribution in [-0.4, -0.2) is 37.6 Å². The monoisotopic (exact) mass is 489 g/mol. The van der Waals surface area contributed by atoms with Gasteiger partial charge in [-0.3, -0.25) is 0 Å². The van der Waals surface area contributed by atoms with Crippen molar-refractivity contribution in [2.75, 3.05) is 18.4 Å². The lowest BCUT2D eigenvalue weighted by Crippen LogP contribution is -2.23. The zero-order valence-electron chi connectivity index (χ0n) is 20.9. The molecule has 0 unspecified atom stereocenters. The number of aryl methyl sites for hydroxylation is 1. The maximum atomic E-state index is 14.9. The van der Waals surface area contributed by atoms with Crippen LogP contribution in [0.4, 0.5) is 20.5 Å². The Morgan fingerprint density at radius 3 is 2.50 bits per heavy atom. The number of hydrogen-bond acceptors (Lipinski definition) is 6. The van der Waals surface area contributed by atoms with Crippen molar-refractivity contribution >= 4 is 28.4 Å². The minimum Gasteiger partial charge on any atom is -0.326 e. The van der Waals surface area contributed by atoms with Gasteiger partial charge in [-0.05, 0) is 89.0 Å². The second-order valence-corrected chi connectivity index (χ2v) is 9.37. The molecule has 0 spiro atoms. The predicted molar refractivity (Wildman–Crippen MR) is 138 cm³/mol. The molecular formula is C27H29F2N7. The van der Waals surface area contributed by atoms with Crippen LogP contribution < -0.4 is 10.6 Å². The number of nitrogens with zero attached hydrogens (tertiary/aromatic N) is 5. The summed E-state index contributed by atoms with van der Waals surface area (Å²) in [6.07, 6.45) is 4.98. The zero-order valence-corrected chi connectivity index (χ0v) is 20.9. The summed E-state index contributed by atoms with van der Waals surface area (Å²) in [5.41, 5.74) is 4.95. The van der Waals surface area contributed by atoms with Gasteiger partial charge < -0.3 is 15.2 Å². The van der Waals surface area contributed by atoms with Gasteiger partial charge in [0.05, 0.1) is 11.7 Å². The highest BCUT2D eigenvalue weighted by molar-refractivity contribution is 5.83. The van der Waals surface area contributed by atoms with Crippen LogP contribution in [0.15, 0.2) is 42.2 Å². The van der Waals surface area contributed by atoms with Crippen LogP contribution in [0.25, 0.3) is 27.9 Å². The third-order valence-corrected chi connectivity index (χ3v) is 6.63. The van der Waals surface area contributed by atoms with Crippen molar-refractivity contribution in [3.63, 3.8) is 0 Å². The average Bonchev–Trinajstić information content (AvgIpc) is 3.22. The van der Waals surface area contributed by atoms with Gasteiger partial charge in [0.15, 0.2) is 11.6 Å². The van der Waals surface area contributed by atoms with Crippen molar-refractivity contribution in [1.29, 1.82) is 0 Å². The second-order valence-electron chi connectivity index (χ2n) is 9.37. The SMILES string of the molecule is CC(=C1CCNCC1)c1ccc(Nc2ncc(F)c(-c3cc(F)c4nc(C)n(C(C)C)c4c3)n2)nc1. The molecule has 0 amide bonds. The number of halogens is 2. The normalized spacial score (nSPS) is 14.0. The molecule has 186 valence electrons. The van der Waals surface area contributed by atoms with Gasteiger partial charge in [-0.25, -0.2) is 28.7 Å². The molecule has 1 aromatic carbocycles. The fourth-order valence-electron chi connectivity index (χ4n) is 4.80. The predicted octanol–water partition coefficient (Wildman–Crippen LogP) is 5.96. The molecule has 36 heavy (non-hydrogen) atoms. The Morgan fingerprint density at radius 1 is 1.03 bits per heavy atom. The van der Waals surface area contributed by atoms with Gasteiger partial charge in [0, 0.05) is 17.8 Å². The Bertz CT molecular complexity index is 1450. The number of nitrogens with one attached hydrogen (secondary N) is 2. The van der Waals surface area contributed by atoms with Crippen LogP contribution in [0.1, 0.15) is 51.0 Å². The van der Waals surface area contributed by atoms with E-state index in [1.54, 1.807) is 6.07 Å². The average molecular weight is 490 g/mol. The van der Waals surface area contributed by atoms with Crippen LogP contribution in [0.2, 0.25) is 0 Å². The number of hydrogen-bond donors (Lipinski definition) is 2. The lowest BCUT2D eigenvalue weighted by Gasteiger charge is -2.18. The van der Waals surface area contributed by atoms with E-state index in [2.05, 4.69) is 37.5 Å². The second kappa shape index (κ2) is 9.73. The van der Waals surface area contributed by atoms with Crippen molar-refractivity contribution < 1.29 is 8.78 Å². The number of allylic oxidation sites excluding steroid dienone is 1. The molecule has 3 aromatic heterocycles. The Labute approximate surface area is 208 Å². The number of rotatable bonds is 5. The largest absolute Gasteiger partial charge is 0.326 e. The van der Waals surface area contributed by atoms with E-state index in [9.17, 15) is 8.78 Å². The van der Waals surface area contributed by atoms with Crippen LogP contribution in [0.5, 0.6) is 0 Å². The van der Waals surface area contributed by atoms with Gasteiger partial charge in [-0.15, -0.1) is 0 Å². The van der Waals surface area contributed by atoms with Gasteiger partial charge >= 0.3 is 0 Å². The quantitative estimate of drug-likeness (QED) is 0.360. The maximum Gasteiger partial charge on any atom is 0.229 e. The molecule has 1 saturated heterocycles. The number of anilines is 2. The van der Waals surface area contributed by atoms with Crippen molar-refractivity contribution in [2.24, 2.45) is 0 Å². The first-order chi connectivity index (χ1) is 17.3. The highest BCUT2D eigenvalue weighted by Crippen LogP contribution is 2.30. The summed E-state index contributed by atoms with van der Waals surface area (Å²) < 4.78 is 31.6. The molecule has 9 heteroatoms. The van der Waals surface area contributed by atoms with Crippen molar-refractivity contribution in [1.82, 2.24) is 29.8 Å². The Kier molecular flexibility index (Phi) is 6.49. The Hall–Kier alpha value is -3.72. The first kappa shape index (κ1) is 24.0. The van der Waals surface area contributed by atoms with Crippen LogP contribution in [-0.2, 0) is 0 Å². The molecule has 0 saturated carbocycles. The smallest absolute Gasteiger partial charge is 0.229 e. The molecule has 4 heterocycles. The summed E-state index contributed by atoms with van der Waals surface area (Å²) in [4.78, 5) is 17.3. The van der Waals surface area contributed by atoms with E-state index in [1.807, 2.05) is 43.7 Å². The molecular weight excluding hydrogens is 460 g/mol. The number of aromatic nitrogens is 5. The molecule has 0 radical (unpaired) electrons. The first-order valence-corrected chi connectivity index (χ1v) is 12.2. The van der Waals surface area contributed by atoms with Gasteiger partial charge in [-0.2, -0.15) is 0 Å². The van der Waals surface area contributed by atoms with Crippen LogP contribution in [0, 0.1) is 18.6 Å². The summed E-state index contributed by atoms with van der Waals surface area (Å²) >= 11 is 0. The third kappa shape index (κ3) is 4.58. The number of pyridine rings is 1. The molecule has 4 aromatic rings. The molecule has 0 atom stereocenters. The maximum absolute atomic E-state index is 14.9. The van der Waals surface area contributed by atoms with E-state index in [0.717, 1.165) is 37.7 Å². The molecule has 0 aliphatic carbocycles. The fraction of sp³-hybridized carbons (Fsp3) is 0.333. The Balaban J connectivity index is 1.44. The number of imidazole rings is 1. The van der Waals surface area contributed by atoms with Gasteiger partial charge in [-0.1, -0.05) is 5.57 Å². The van der Waals surface area contributed by atoms with Gasteiger partial charge in [0.25, 0.3) is 0 Å². The minimum atomic E-state index is -0.640. The molecule has 5 rings (SSSR count). The topological polar surface area (TPSA) is 80.5 Å². The van der Waals surface area contributed by atoms with E-state index in [1.165, 1.54) is 17.2 Å². The van der Waals surface area contributed by atoms with E-state index >= 15 is 0 Å². The van der Waals surface area contributed by atoms with Crippen LogP contribution >= 0.6 is 0 Å². The van der Waals surface area contributed by atoms with Crippen LogP contribution in [0.3, 0.4) is 0 Å². The molecule has 7 nitrogen and oxygen atoms in total. The molecule has 0 bridgehead atoms. The van der Waals surface area contributed by atoms with Gasteiger partial charge in [0.2, 0.25) is 5.95 Å². The van der Waals surface area contributed by atoms with Crippen molar-refractivity contribution in [3.05, 3.63) is 65.3 Å². The minimum absolute atomic E-state index is 0.00515. The number of piperidine rings is 1. The van der Waals surface area contributed by atoms with Gasteiger partial charge in [0.1, 0.15) is 22.9 Å². The number of benzene rings is 1. The van der Waals surface area contributed by atoms with E-state index in [-0.39, 0.29) is 23.2 Å². The molecule has 1 aliphatic rings. The zero-order chi connectivity index (χ0) is 25.4. The summed E-state index contributed by atoms with van der Waals surface area (Å²) in [7, 11) is 0. The highest BCUT2D eigenvalue weighted by Gasteiger charge is 2.18. The molecule has 1 aliphatic heterocycles. The molecule has 2 N–H and O–H groups in total. The summed E-state index contributed by atoms with van der Waals surface area (Å²) in [5, 5.41) is 6.41. The fourth-order valence-corrected chi connectivity index (χ4v) is 4.80.